The van der Waals surface area contributed by atoms with Gasteiger partial charge in [-0.2, -0.15) is 0 Å². The molecule has 1 saturated carbocycles. The summed E-state index contributed by atoms with van der Waals surface area (Å²) in [5, 5.41) is 2.95. The lowest BCUT2D eigenvalue weighted by Crippen LogP contribution is -2.34. The largest absolute Gasteiger partial charge is 0.314 e. The first-order valence-electron chi connectivity index (χ1n) is 4.63. The summed E-state index contributed by atoms with van der Waals surface area (Å²) in [5.74, 6) is 1.90. The van der Waals surface area contributed by atoms with Crippen molar-refractivity contribution in [2.45, 2.75) is 11.7 Å². The second-order valence-corrected chi connectivity index (χ2v) is 6.56. The molecule has 13 heavy (non-hydrogen) atoms. The predicted molar refractivity (Wildman–Crippen MR) is 52.8 cm³/mol. The van der Waals surface area contributed by atoms with E-state index in [1.165, 1.54) is 0 Å². The van der Waals surface area contributed by atoms with Crippen LogP contribution in [0.5, 0.6) is 0 Å². The lowest BCUT2D eigenvalue weighted by Gasteiger charge is -2.12. The summed E-state index contributed by atoms with van der Waals surface area (Å²) in [6.07, 6.45) is 1.12. The van der Waals surface area contributed by atoms with E-state index < -0.39 is 9.84 Å². The smallest absolute Gasteiger partial charge is 0.154 e. The molecule has 0 aromatic rings. The Balaban J connectivity index is 1.90. The van der Waals surface area contributed by atoms with Gasteiger partial charge in [-0.3, -0.25) is 0 Å². The van der Waals surface area contributed by atoms with Gasteiger partial charge in [-0.25, -0.2) is 8.42 Å². The zero-order chi connectivity index (χ0) is 9.47. The van der Waals surface area contributed by atoms with Crippen LogP contribution < -0.4 is 5.32 Å². The van der Waals surface area contributed by atoms with Gasteiger partial charge >= 0.3 is 0 Å². The first-order valence-corrected chi connectivity index (χ1v) is 6.88. The molecule has 2 rings (SSSR count). The van der Waals surface area contributed by atoms with Gasteiger partial charge in [-0.05, 0) is 18.3 Å². The normalized spacial score (nSPS) is 40.2. The van der Waals surface area contributed by atoms with Gasteiger partial charge in [0.25, 0.3) is 0 Å². The average Bonchev–Trinajstić information content (AvgIpc) is 2.71. The summed E-state index contributed by atoms with van der Waals surface area (Å²) in [4.78, 5) is 0. The van der Waals surface area contributed by atoms with Gasteiger partial charge in [-0.15, -0.1) is 11.6 Å². The van der Waals surface area contributed by atoms with Crippen LogP contribution >= 0.6 is 11.6 Å². The quantitative estimate of drug-likeness (QED) is 0.549. The molecule has 1 saturated heterocycles. The Morgan fingerprint density at radius 3 is 2.77 bits per heavy atom. The summed E-state index contributed by atoms with van der Waals surface area (Å²) in [7, 11) is -2.77. The highest BCUT2D eigenvalue weighted by Gasteiger charge is 2.56. The fourth-order valence-electron chi connectivity index (χ4n) is 2.20. The van der Waals surface area contributed by atoms with Crippen molar-refractivity contribution in [3.63, 3.8) is 0 Å². The first kappa shape index (κ1) is 9.74. The van der Waals surface area contributed by atoms with Gasteiger partial charge < -0.3 is 5.32 Å². The minimum Gasteiger partial charge on any atom is -0.314 e. The summed E-state index contributed by atoms with van der Waals surface area (Å²) in [6, 6.07) is 0. The second kappa shape index (κ2) is 3.41. The van der Waals surface area contributed by atoms with E-state index in [-0.39, 0.29) is 5.25 Å². The summed E-state index contributed by atoms with van der Waals surface area (Å²) >= 11 is 5.49. The second-order valence-electron chi connectivity index (χ2n) is 3.92. The van der Waals surface area contributed by atoms with Crippen molar-refractivity contribution in [2.24, 2.45) is 11.8 Å². The fraction of sp³-hybridized carbons (Fsp3) is 1.00. The molecular weight excluding hydrogens is 210 g/mol. The van der Waals surface area contributed by atoms with Crippen LogP contribution in [-0.2, 0) is 9.84 Å². The standard InChI is InChI=1S/C8H14ClNO2S/c9-1-2-10-4-8-7-3-6(7)5-13(8,11)12/h6-8,10H,1-5H2/t6-,7?,8+/m0/s1. The minimum absolute atomic E-state index is 0.124. The Hall–Kier alpha value is 0.200. The molecule has 1 heterocycles. The Morgan fingerprint density at radius 1 is 1.46 bits per heavy atom. The molecule has 2 fully saturated rings. The fourth-order valence-corrected chi connectivity index (χ4v) is 4.79. The molecule has 3 nitrogen and oxygen atoms in total. The van der Waals surface area contributed by atoms with Crippen molar-refractivity contribution in [1.29, 1.82) is 0 Å². The van der Waals surface area contributed by atoms with Gasteiger partial charge in [0.2, 0.25) is 0 Å². The van der Waals surface area contributed by atoms with Crippen LogP contribution in [-0.4, -0.2) is 38.4 Å². The Bertz CT molecular complexity index is 291. The van der Waals surface area contributed by atoms with Gasteiger partial charge in [0.1, 0.15) is 0 Å². The van der Waals surface area contributed by atoms with Gasteiger partial charge in [0.05, 0.1) is 11.0 Å². The lowest BCUT2D eigenvalue weighted by atomic mass is 10.2. The van der Waals surface area contributed by atoms with Gasteiger partial charge in [0.15, 0.2) is 9.84 Å². The van der Waals surface area contributed by atoms with Crippen LogP contribution in [0.3, 0.4) is 0 Å². The summed E-state index contributed by atoms with van der Waals surface area (Å²) in [6.45, 7) is 1.29. The molecule has 0 aromatic carbocycles. The molecule has 2 aliphatic rings. The molecule has 3 atom stereocenters. The minimum atomic E-state index is -2.77. The molecule has 0 amide bonds. The number of hydrogen-bond acceptors (Lipinski definition) is 3. The molecule has 5 heteroatoms. The van der Waals surface area contributed by atoms with E-state index in [9.17, 15) is 8.42 Å². The molecule has 76 valence electrons. The number of sulfone groups is 1. The number of halogens is 1. The van der Waals surface area contributed by atoms with Crippen molar-refractivity contribution < 1.29 is 8.42 Å². The van der Waals surface area contributed by atoms with Crippen molar-refractivity contribution in [3.8, 4) is 0 Å². The van der Waals surface area contributed by atoms with Crippen molar-refractivity contribution in [1.82, 2.24) is 5.32 Å². The SMILES string of the molecule is O=S1(=O)C[C@@H]2CC2[C@H]1CNCCCl. The highest BCUT2D eigenvalue weighted by molar-refractivity contribution is 7.92. The van der Waals surface area contributed by atoms with E-state index in [4.69, 9.17) is 11.6 Å². The van der Waals surface area contributed by atoms with E-state index in [1.807, 2.05) is 0 Å². The van der Waals surface area contributed by atoms with Gasteiger partial charge in [0, 0.05) is 19.0 Å². The maximum Gasteiger partial charge on any atom is 0.154 e. The highest BCUT2D eigenvalue weighted by Crippen LogP contribution is 2.50. The predicted octanol–water partition coefficient (Wildman–Crippen LogP) is 0.248. The van der Waals surface area contributed by atoms with Crippen LogP contribution in [0.15, 0.2) is 0 Å². The Labute approximate surface area is 83.8 Å². The number of hydrogen-bond donors (Lipinski definition) is 1. The van der Waals surface area contributed by atoms with E-state index in [2.05, 4.69) is 5.32 Å². The topological polar surface area (TPSA) is 46.2 Å². The maximum atomic E-state index is 11.5. The van der Waals surface area contributed by atoms with Crippen LogP contribution in [0.25, 0.3) is 0 Å². The zero-order valence-electron chi connectivity index (χ0n) is 7.37. The lowest BCUT2D eigenvalue weighted by molar-refractivity contribution is 0.564. The molecule has 1 aliphatic carbocycles. The van der Waals surface area contributed by atoms with Crippen molar-refractivity contribution >= 4 is 21.4 Å². The van der Waals surface area contributed by atoms with E-state index in [0.29, 0.717) is 36.6 Å². The van der Waals surface area contributed by atoms with Crippen molar-refractivity contribution in [2.75, 3.05) is 24.7 Å². The van der Waals surface area contributed by atoms with E-state index >= 15 is 0 Å². The Kier molecular flexibility index (Phi) is 2.55. The van der Waals surface area contributed by atoms with Gasteiger partial charge in [-0.1, -0.05) is 0 Å². The number of alkyl halides is 1. The van der Waals surface area contributed by atoms with Crippen LogP contribution in [0, 0.1) is 11.8 Å². The third-order valence-electron chi connectivity index (χ3n) is 2.98. The summed E-state index contributed by atoms with van der Waals surface area (Å²) < 4.78 is 23.0. The third-order valence-corrected chi connectivity index (χ3v) is 5.50. The van der Waals surface area contributed by atoms with Crippen LogP contribution in [0.1, 0.15) is 6.42 Å². The van der Waals surface area contributed by atoms with E-state index in [0.717, 1.165) is 6.42 Å². The Morgan fingerprint density at radius 2 is 2.23 bits per heavy atom. The molecule has 1 unspecified atom stereocenters. The monoisotopic (exact) mass is 223 g/mol. The molecule has 1 N–H and O–H groups in total. The van der Waals surface area contributed by atoms with Crippen molar-refractivity contribution in [3.05, 3.63) is 0 Å². The molecule has 0 radical (unpaired) electrons. The average molecular weight is 224 g/mol. The third kappa shape index (κ3) is 1.85. The summed E-state index contributed by atoms with van der Waals surface area (Å²) in [5.41, 5.74) is 0. The van der Waals surface area contributed by atoms with E-state index in [1.54, 1.807) is 0 Å². The van der Waals surface area contributed by atoms with Crippen LogP contribution in [0.2, 0.25) is 0 Å². The zero-order valence-corrected chi connectivity index (χ0v) is 8.94. The molecule has 0 bridgehead atoms. The molecule has 0 aromatic heterocycles. The number of rotatable bonds is 4. The molecule has 1 aliphatic heterocycles. The number of nitrogens with one attached hydrogen (secondary N) is 1. The maximum absolute atomic E-state index is 11.5. The van der Waals surface area contributed by atoms with Crippen LogP contribution in [0.4, 0.5) is 0 Å². The molecular formula is C8H14ClNO2S. The number of fused-ring (bicyclic) bond motifs is 1. The highest BCUT2D eigenvalue weighted by atomic mass is 35.5. The molecule has 0 spiro atoms. The first-order chi connectivity index (χ1) is 6.15.